The number of aliphatic hydroxyl groups excluding tert-OH is 1. The quantitative estimate of drug-likeness (QED) is 0.812. The van der Waals surface area contributed by atoms with Crippen LogP contribution in [0.3, 0.4) is 0 Å². The highest BCUT2D eigenvalue weighted by Crippen LogP contribution is 2.30. The van der Waals surface area contributed by atoms with Crippen molar-refractivity contribution in [2.24, 2.45) is 0 Å². The normalized spacial score (nSPS) is 13.6. The molecule has 3 nitrogen and oxygen atoms in total. The Balaban J connectivity index is 2.42. The maximum Gasteiger partial charge on any atom is 0.416 e. The molecule has 108 valence electrons. The molecule has 0 saturated heterocycles. The summed E-state index contributed by atoms with van der Waals surface area (Å²) in [6.07, 6.45) is -4.25. The first kappa shape index (κ1) is 15.8. The SMILES string of the molecule is CCC(O)N(C)CCOc1ccc(C(F)(F)F)cc1. The third-order valence-corrected chi connectivity index (χ3v) is 2.77. The van der Waals surface area contributed by atoms with E-state index in [1.807, 2.05) is 6.92 Å². The van der Waals surface area contributed by atoms with Gasteiger partial charge in [0.25, 0.3) is 0 Å². The van der Waals surface area contributed by atoms with Crippen LogP contribution < -0.4 is 4.74 Å². The Morgan fingerprint density at radius 2 is 1.84 bits per heavy atom. The summed E-state index contributed by atoms with van der Waals surface area (Å²) in [5, 5.41) is 9.49. The van der Waals surface area contributed by atoms with Crippen LogP contribution in [0.4, 0.5) is 13.2 Å². The highest BCUT2D eigenvalue weighted by molar-refractivity contribution is 5.28. The molecule has 0 amide bonds. The molecule has 6 heteroatoms. The zero-order chi connectivity index (χ0) is 14.5. The summed E-state index contributed by atoms with van der Waals surface area (Å²) in [7, 11) is 1.75. The van der Waals surface area contributed by atoms with E-state index in [2.05, 4.69) is 0 Å². The first-order valence-electron chi connectivity index (χ1n) is 6.03. The van der Waals surface area contributed by atoms with Gasteiger partial charge in [0.05, 0.1) is 5.56 Å². The molecule has 1 unspecified atom stereocenters. The fraction of sp³-hybridized carbons (Fsp3) is 0.538. The van der Waals surface area contributed by atoms with E-state index in [4.69, 9.17) is 4.74 Å². The van der Waals surface area contributed by atoms with Crippen molar-refractivity contribution in [2.45, 2.75) is 25.7 Å². The number of ether oxygens (including phenoxy) is 1. The van der Waals surface area contributed by atoms with Gasteiger partial charge in [-0.2, -0.15) is 13.2 Å². The van der Waals surface area contributed by atoms with Crippen molar-refractivity contribution in [3.63, 3.8) is 0 Å². The predicted molar refractivity (Wildman–Crippen MR) is 65.9 cm³/mol. The summed E-state index contributed by atoms with van der Waals surface area (Å²) in [5.41, 5.74) is -0.696. The standard InChI is InChI=1S/C13H18F3NO2/c1-3-12(18)17(2)8-9-19-11-6-4-10(5-7-11)13(14,15)16/h4-7,12,18H,3,8-9H2,1-2H3. The van der Waals surface area contributed by atoms with Gasteiger partial charge in [-0.3, -0.25) is 4.90 Å². The number of alkyl halides is 3. The molecule has 0 bridgehead atoms. The molecule has 1 rings (SSSR count). The van der Waals surface area contributed by atoms with Crippen LogP contribution in [0.25, 0.3) is 0 Å². The number of hydrogen-bond donors (Lipinski definition) is 1. The van der Waals surface area contributed by atoms with Crippen molar-refractivity contribution >= 4 is 0 Å². The second-order valence-electron chi connectivity index (χ2n) is 4.24. The van der Waals surface area contributed by atoms with E-state index in [1.165, 1.54) is 12.1 Å². The van der Waals surface area contributed by atoms with Gasteiger partial charge in [0, 0.05) is 6.54 Å². The van der Waals surface area contributed by atoms with Crippen molar-refractivity contribution in [2.75, 3.05) is 20.2 Å². The molecule has 0 saturated carbocycles. The molecule has 1 aromatic rings. The predicted octanol–water partition coefficient (Wildman–Crippen LogP) is 2.74. The average Bonchev–Trinajstić information content (AvgIpc) is 2.37. The van der Waals surface area contributed by atoms with Crippen LogP contribution in [0.1, 0.15) is 18.9 Å². The van der Waals surface area contributed by atoms with E-state index in [0.717, 1.165) is 12.1 Å². The number of benzene rings is 1. The average molecular weight is 277 g/mol. The lowest BCUT2D eigenvalue weighted by atomic mass is 10.2. The van der Waals surface area contributed by atoms with Crippen molar-refractivity contribution in [1.29, 1.82) is 0 Å². The van der Waals surface area contributed by atoms with Crippen LogP contribution in [0.15, 0.2) is 24.3 Å². The molecule has 0 aliphatic heterocycles. The molecule has 0 aliphatic rings. The van der Waals surface area contributed by atoms with Gasteiger partial charge in [0.1, 0.15) is 18.6 Å². The first-order valence-corrected chi connectivity index (χ1v) is 6.03. The second kappa shape index (κ2) is 6.77. The minimum Gasteiger partial charge on any atom is -0.492 e. The maximum atomic E-state index is 12.3. The fourth-order valence-corrected chi connectivity index (χ4v) is 1.51. The Labute approximate surface area is 110 Å². The third-order valence-electron chi connectivity index (χ3n) is 2.77. The van der Waals surface area contributed by atoms with E-state index in [-0.39, 0.29) is 0 Å². The van der Waals surface area contributed by atoms with Crippen LogP contribution in [-0.2, 0) is 6.18 Å². The third kappa shape index (κ3) is 5.08. The van der Waals surface area contributed by atoms with Gasteiger partial charge in [0.15, 0.2) is 0 Å². The zero-order valence-corrected chi connectivity index (χ0v) is 10.9. The van der Waals surface area contributed by atoms with Gasteiger partial charge < -0.3 is 9.84 Å². The Morgan fingerprint density at radius 1 is 1.26 bits per heavy atom. The molecule has 0 aromatic heterocycles. The fourth-order valence-electron chi connectivity index (χ4n) is 1.51. The minimum absolute atomic E-state index is 0.304. The smallest absolute Gasteiger partial charge is 0.416 e. The summed E-state index contributed by atoms with van der Waals surface area (Å²) in [4.78, 5) is 1.71. The summed E-state index contributed by atoms with van der Waals surface area (Å²) in [6.45, 7) is 2.66. The summed E-state index contributed by atoms with van der Waals surface area (Å²) in [6, 6.07) is 4.55. The zero-order valence-electron chi connectivity index (χ0n) is 10.9. The molecular weight excluding hydrogens is 259 g/mol. The Morgan fingerprint density at radius 3 is 2.32 bits per heavy atom. The lowest BCUT2D eigenvalue weighted by Crippen LogP contribution is -2.34. The Hall–Kier alpha value is -1.27. The van der Waals surface area contributed by atoms with Crippen molar-refractivity contribution in [1.82, 2.24) is 4.90 Å². The van der Waals surface area contributed by atoms with Gasteiger partial charge in [0.2, 0.25) is 0 Å². The monoisotopic (exact) mass is 277 g/mol. The van der Waals surface area contributed by atoms with Gasteiger partial charge in [-0.05, 0) is 37.7 Å². The summed E-state index contributed by atoms with van der Waals surface area (Å²) < 4.78 is 42.3. The number of nitrogens with zero attached hydrogens (tertiary/aromatic N) is 1. The molecule has 0 heterocycles. The van der Waals surface area contributed by atoms with Crippen molar-refractivity contribution in [3.05, 3.63) is 29.8 Å². The molecule has 0 fully saturated rings. The van der Waals surface area contributed by atoms with Crippen LogP contribution in [0.2, 0.25) is 0 Å². The molecule has 1 aromatic carbocycles. The van der Waals surface area contributed by atoms with E-state index in [9.17, 15) is 18.3 Å². The second-order valence-corrected chi connectivity index (χ2v) is 4.24. The molecule has 0 spiro atoms. The van der Waals surface area contributed by atoms with Crippen LogP contribution in [0.5, 0.6) is 5.75 Å². The molecule has 1 atom stereocenters. The topological polar surface area (TPSA) is 32.7 Å². The van der Waals surface area contributed by atoms with E-state index in [0.29, 0.717) is 25.3 Å². The largest absolute Gasteiger partial charge is 0.492 e. The van der Waals surface area contributed by atoms with Crippen molar-refractivity contribution in [3.8, 4) is 5.75 Å². The highest BCUT2D eigenvalue weighted by Gasteiger charge is 2.29. The Bertz CT molecular complexity index is 378. The van der Waals surface area contributed by atoms with E-state index < -0.39 is 18.0 Å². The first-order chi connectivity index (χ1) is 8.84. The maximum absolute atomic E-state index is 12.3. The van der Waals surface area contributed by atoms with E-state index >= 15 is 0 Å². The van der Waals surface area contributed by atoms with E-state index in [1.54, 1.807) is 11.9 Å². The van der Waals surface area contributed by atoms with Crippen LogP contribution >= 0.6 is 0 Å². The van der Waals surface area contributed by atoms with Crippen molar-refractivity contribution < 1.29 is 23.0 Å². The number of aliphatic hydroxyl groups is 1. The van der Waals surface area contributed by atoms with Crippen LogP contribution in [-0.4, -0.2) is 36.4 Å². The van der Waals surface area contributed by atoms with Gasteiger partial charge >= 0.3 is 6.18 Å². The summed E-state index contributed by atoms with van der Waals surface area (Å²) >= 11 is 0. The molecule has 0 aliphatic carbocycles. The lowest BCUT2D eigenvalue weighted by molar-refractivity contribution is -0.137. The molecular formula is C13H18F3NO2. The van der Waals surface area contributed by atoms with Gasteiger partial charge in [-0.25, -0.2) is 0 Å². The minimum atomic E-state index is -4.33. The van der Waals surface area contributed by atoms with Crippen LogP contribution in [0, 0.1) is 0 Å². The number of hydrogen-bond acceptors (Lipinski definition) is 3. The number of likely N-dealkylation sites (N-methyl/N-ethyl adjacent to an activating group) is 1. The molecule has 1 N–H and O–H groups in total. The summed E-state index contributed by atoms with van der Waals surface area (Å²) in [5.74, 6) is 0.382. The highest BCUT2D eigenvalue weighted by atomic mass is 19.4. The van der Waals surface area contributed by atoms with Gasteiger partial charge in [-0.15, -0.1) is 0 Å². The molecule has 19 heavy (non-hydrogen) atoms. The van der Waals surface area contributed by atoms with Gasteiger partial charge in [-0.1, -0.05) is 6.92 Å². The lowest BCUT2D eigenvalue weighted by Gasteiger charge is -2.22. The Kier molecular flexibility index (Phi) is 5.62. The molecule has 0 radical (unpaired) electrons. The number of rotatable bonds is 6. The number of halogens is 3.